The van der Waals surface area contributed by atoms with E-state index in [0.29, 0.717) is 5.95 Å². The first kappa shape index (κ1) is 45.9. The van der Waals surface area contributed by atoms with Gasteiger partial charge in [-0.25, -0.2) is 19.9 Å². The van der Waals surface area contributed by atoms with Crippen molar-refractivity contribution in [1.82, 2.24) is 34.5 Å². The maximum absolute atomic E-state index is 5.48. The molecule has 0 bridgehead atoms. The monoisotopic (exact) mass is 1040 g/mol. The molecule has 6 aromatic heterocycles. The van der Waals surface area contributed by atoms with Crippen LogP contribution in [0.5, 0.6) is 0 Å². The molecule has 380 valence electrons. The normalized spacial score (nSPS) is 12.0. The first-order valence-corrected chi connectivity index (χ1v) is 27.7. The van der Waals surface area contributed by atoms with Crippen LogP contribution in [0.3, 0.4) is 0 Å². The van der Waals surface area contributed by atoms with E-state index >= 15 is 0 Å². The number of rotatable bonds is 6. The second-order valence-corrected chi connectivity index (χ2v) is 21.4. The fourth-order valence-electron chi connectivity index (χ4n) is 12.9. The molecule has 0 aliphatic rings. The third kappa shape index (κ3) is 7.16. The van der Waals surface area contributed by atoms with E-state index in [4.69, 9.17) is 29.9 Å². The number of aromatic nitrogens is 7. The van der Waals surface area contributed by atoms with Crippen LogP contribution in [0.4, 0.5) is 0 Å². The molecule has 0 saturated heterocycles. The van der Waals surface area contributed by atoms with Crippen LogP contribution in [-0.2, 0) is 0 Å². The minimum Gasteiger partial charge on any atom is -0.278 e. The summed E-state index contributed by atoms with van der Waals surface area (Å²) in [6.45, 7) is 2.21. The Balaban J connectivity index is 0.867. The Morgan fingerprint density at radius 2 is 0.768 bits per heavy atom. The summed E-state index contributed by atoms with van der Waals surface area (Å²) in [6.07, 6.45) is 3.71. The maximum Gasteiger partial charge on any atom is 0.235 e. The van der Waals surface area contributed by atoms with Gasteiger partial charge in [0.15, 0.2) is 0 Å². The molecule has 0 spiro atoms. The van der Waals surface area contributed by atoms with E-state index < -0.39 is 0 Å². The molecular weight excluding hydrogens is 999 g/mol. The molecule has 0 saturated carbocycles. The van der Waals surface area contributed by atoms with Crippen molar-refractivity contribution in [2.24, 2.45) is 0 Å². The Labute approximate surface area is 470 Å². The van der Waals surface area contributed by atoms with E-state index in [1.54, 1.807) is 0 Å². The molecular formula is C75H45N7. The zero-order valence-electron chi connectivity index (χ0n) is 44.4. The van der Waals surface area contributed by atoms with Crippen molar-refractivity contribution in [1.29, 1.82) is 0 Å². The second kappa shape index (κ2) is 18.0. The Morgan fingerprint density at radius 3 is 1.49 bits per heavy atom. The summed E-state index contributed by atoms with van der Waals surface area (Å²) >= 11 is 0. The number of fused-ring (bicyclic) bond motifs is 18. The van der Waals surface area contributed by atoms with Crippen molar-refractivity contribution in [2.75, 3.05) is 0 Å². The summed E-state index contributed by atoms with van der Waals surface area (Å²) in [5.41, 5.74) is 16.6. The highest BCUT2D eigenvalue weighted by Gasteiger charge is 2.22. The quantitative estimate of drug-likeness (QED) is 0.154. The number of hydrogen-bond acceptors (Lipinski definition) is 6. The minimum atomic E-state index is 0.585. The fourth-order valence-corrected chi connectivity index (χ4v) is 12.9. The minimum absolute atomic E-state index is 0.585. The molecule has 11 aromatic carbocycles. The predicted molar refractivity (Wildman–Crippen MR) is 340 cm³/mol. The lowest BCUT2D eigenvalue weighted by Gasteiger charge is -2.15. The van der Waals surface area contributed by atoms with Gasteiger partial charge in [0.05, 0.1) is 55.9 Å². The van der Waals surface area contributed by atoms with Crippen LogP contribution >= 0.6 is 0 Å². The van der Waals surface area contributed by atoms with E-state index in [9.17, 15) is 0 Å². The molecule has 0 aliphatic carbocycles. The third-order valence-corrected chi connectivity index (χ3v) is 16.8. The molecule has 7 nitrogen and oxygen atoms in total. The van der Waals surface area contributed by atoms with Gasteiger partial charge in [-0.1, -0.05) is 176 Å². The van der Waals surface area contributed by atoms with Crippen molar-refractivity contribution >= 4 is 109 Å². The average molecular weight is 1040 g/mol. The lowest BCUT2D eigenvalue weighted by molar-refractivity contribution is 0.996. The lowest BCUT2D eigenvalue weighted by Crippen LogP contribution is -2.04. The number of nitrogens with zero attached hydrogens (tertiary/aromatic N) is 7. The summed E-state index contributed by atoms with van der Waals surface area (Å²) in [4.78, 5) is 31.3. The van der Waals surface area contributed by atoms with Gasteiger partial charge in [0, 0.05) is 67.0 Å². The van der Waals surface area contributed by atoms with Gasteiger partial charge in [-0.15, -0.1) is 0 Å². The smallest absolute Gasteiger partial charge is 0.235 e. The molecule has 17 rings (SSSR count). The highest BCUT2D eigenvalue weighted by molar-refractivity contribution is 6.29. The lowest BCUT2D eigenvalue weighted by atomic mass is 9.90. The molecule has 82 heavy (non-hydrogen) atoms. The van der Waals surface area contributed by atoms with Crippen LogP contribution < -0.4 is 0 Å². The van der Waals surface area contributed by atoms with Gasteiger partial charge >= 0.3 is 0 Å². The predicted octanol–water partition coefficient (Wildman–Crippen LogP) is 19.0. The zero-order chi connectivity index (χ0) is 54.0. The van der Waals surface area contributed by atoms with Crippen molar-refractivity contribution in [3.05, 3.63) is 261 Å². The average Bonchev–Trinajstić information content (AvgIpc) is 2.11. The van der Waals surface area contributed by atoms with Crippen LogP contribution in [-0.4, -0.2) is 34.5 Å². The highest BCUT2D eigenvalue weighted by Crippen LogP contribution is 2.44. The van der Waals surface area contributed by atoms with Crippen molar-refractivity contribution in [3.8, 4) is 62.1 Å². The van der Waals surface area contributed by atoms with Gasteiger partial charge in [-0.3, -0.25) is 14.5 Å². The van der Waals surface area contributed by atoms with Gasteiger partial charge < -0.3 is 0 Å². The summed E-state index contributed by atoms with van der Waals surface area (Å²) in [5, 5.41) is 16.0. The molecule has 0 amide bonds. The fraction of sp³-hybridized carbons (Fsp3) is 0.0133. The van der Waals surface area contributed by atoms with Gasteiger partial charge in [-0.05, 0) is 133 Å². The summed E-state index contributed by atoms with van der Waals surface area (Å²) in [6, 6.07) is 86.7. The van der Waals surface area contributed by atoms with Gasteiger partial charge in [0.1, 0.15) is 0 Å². The molecule has 0 radical (unpaired) electrons. The number of aryl methyl sites for hydroxylation is 1. The summed E-state index contributed by atoms with van der Waals surface area (Å²) in [7, 11) is 0. The molecule has 7 heteroatoms. The molecule has 0 atom stereocenters. The first-order chi connectivity index (χ1) is 40.5. The largest absolute Gasteiger partial charge is 0.278 e. The van der Waals surface area contributed by atoms with Crippen molar-refractivity contribution in [2.45, 2.75) is 6.92 Å². The van der Waals surface area contributed by atoms with Gasteiger partial charge in [0.2, 0.25) is 5.95 Å². The Hall–Kier alpha value is -11.0. The Kier molecular flexibility index (Phi) is 10.1. The molecule has 0 unspecified atom stereocenters. The molecule has 17 aromatic rings. The van der Waals surface area contributed by atoms with Crippen molar-refractivity contribution in [3.63, 3.8) is 0 Å². The Bertz CT molecular complexity index is 5440. The highest BCUT2D eigenvalue weighted by atomic mass is 15.2. The zero-order valence-corrected chi connectivity index (χ0v) is 44.4. The van der Waals surface area contributed by atoms with E-state index in [0.717, 1.165) is 121 Å². The topological polar surface area (TPSA) is 82.3 Å². The Morgan fingerprint density at radius 1 is 0.268 bits per heavy atom. The SMILES string of the molecule is Cc1cc(-c2ccc3c4ccccc4c4cccnc4c3n2)ccc1-c1ccc2c(c1)c1ccccc1c1cc3c4ccc(-c5ccc6ccc7cccnc7c6n5)cc4n(-c4nc(-c5ccccc5)cc(-c5ccccc5)n4)c3cc21. The second-order valence-electron chi connectivity index (χ2n) is 21.4. The van der Waals surface area contributed by atoms with Crippen LogP contribution in [0.2, 0.25) is 0 Å². The van der Waals surface area contributed by atoms with Crippen LogP contribution in [0.15, 0.2) is 255 Å². The molecule has 0 aliphatic heterocycles. The number of benzene rings is 11. The van der Waals surface area contributed by atoms with E-state index in [1.165, 1.54) is 48.8 Å². The van der Waals surface area contributed by atoms with Crippen LogP contribution in [0.25, 0.3) is 171 Å². The van der Waals surface area contributed by atoms with Gasteiger partial charge in [-0.2, -0.15) is 0 Å². The van der Waals surface area contributed by atoms with Crippen LogP contribution in [0.1, 0.15) is 5.56 Å². The first-order valence-electron chi connectivity index (χ1n) is 27.7. The molecule has 0 N–H and O–H groups in total. The summed E-state index contributed by atoms with van der Waals surface area (Å²) in [5.74, 6) is 0.585. The summed E-state index contributed by atoms with van der Waals surface area (Å²) < 4.78 is 2.27. The maximum atomic E-state index is 5.48. The van der Waals surface area contributed by atoms with E-state index in [1.807, 2.05) is 36.7 Å². The number of pyridine rings is 4. The molecule has 0 fully saturated rings. The van der Waals surface area contributed by atoms with Crippen molar-refractivity contribution < 1.29 is 0 Å². The van der Waals surface area contributed by atoms with Crippen LogP contribution in [0, 0.1) is 6.92 Å². The number of hydrogen-bond donors (Lipinski definition) is 0. The molecule has 6 heterocycles. The third-order valence-electron chi connectivity index (χ3n) is 16.8. The standard InChI is InChI=1S/C75H45N7/c1-44-38-50(66-35-33-60-54-20-9-8-19-53(54)59-23-13-37-77-73(59)74(60)79-66)27-30-52(44)49-26-31-57-61(39-49)55-21-10-11-22-56(55)62-41-64-58-32-28-51(65-34-29-48-25-24-47-18-12-36-76-71(47)72(48)78-65)40-69(58)82(70(64)42-63(57)62)75-80-67(45-14-4-2-5-15-45)43-68(81-75)46-16-6-3-7-17-46/h2-43H,1H3. The van der Waals surface area contributed by atoms with E-state index in [-0.39, 0.29) is 0 Å². The van der Waals surface area contributed by atoms with Gasteiger partial charge in [0.25, 0.3) is 0 Å². The van der Waals surface area contributed by atoms with E-state index in [2.05, 4.69) is 230 Å².